The first kappa shape index (κ1) is 13.3. The average molecular weight is 313 g/mol. The molecule has 2 aromatic heterocycles. The fourth-order valence-electron chi connectivity index (χ4n) is 1.59. The quantitative estimate of drug-likeness (QED) is 0.943. The van der Waals surface area contributed by atoms with Crippen LogP contribution in [0.15, 0.2) is 15.2 Å². The van der Waals surface area contributed by atoms with Gasteiger partial charge in [-0.15, -0.1) is 0 Å². The van der Waals surface area contributed by atoms with Gasteiger partial charge in [-0.05, 0) is 29.8 Å². The molecule has 0 aliphatic heterocycles. The van der Waals surface area contributed by atoms with Crippen LogP contribution in [-0.4, -0.2) is 20.8 Å². The third-order valence-corrected chi connectivity index (χ3v) is 3.76. The van der Waals surface area contributed by atoms with Crippen molar-refractivity contribution in [2.45, 2.75) is 40.3 Å². The number of nitrogens with one attached hydrogen (secondary N) is 1. The smallest absolute Gasteiger partial charge is 0.323 e. The van der Waals surface area contributed by atoms with Crippen molar-refractivity contribution >= 4 is 15.9 Å². The molecule has 0 spiro atoms. The van der Waals surface area contributed by atoms with E-state index in [1.165, 1.54) is 0 Å². The van der Waals surface area contributed by atoms with E-state index in [0.29, 0.717) is 18.6 Å². The Hall–Kier alpha value is -1.14. The Bertz CT molecular complexity index is 544. The molecule has 0 fully saturated rings. The van der Waals surface area contributed by atoms with Gasteiger partial charge in [0.2, 0.25) is 0 Å². The molecule has 0 bridgehead atoms. The lowest BCUT2D eigenvalue weighted by Gasteiger charge is -2.04. The zero-order chi connectivity index (χ0) is 13.3. The van der Waals surface area contributed by atoms with E-state index in [4.69, 9.17) is 4.42 Å². The van der Waals surface area contributed by atoms with Crippen molar-refractivity contribution in [1.82, 2.24) is 20.1 Å². The highest BCUT2D eigenvalue weighted by molar-refractivity contribution is 9.10. The van der Waals surface area contributed by atoms with Crippen molar-refractivity contribution in [3.05, 3.63) is 27.8 Å². The number of oxazole rings is 1. The van der Waals surface area contributed by atoms with Crippen LogP contribution < -0.4 is 5.32 Å². The lowest BCUT2D eigenvalue weighted by Crippen LogP contribution is -2.22. The molecule has 5 nitrogen and oxygen atoms in total. The van der Waals surface area contributed by atoms with Crippen LogP contribution in [0.25, 0.3) is 6.01 Å². The summed E-state index contributed by atoms with van der Waals surface area (Å²) in [5.41, 5.74) is 2.78. The molecule has 98 valence electrons. The van der Waals surface area contributed by atoms with Gasteiger partial charge in [-0.2, -0.15) is 14.8 Å². The monoisotopic (exact) mass is 312 g/mol. The van der Waals surface area contributed by atoms with Gasteiger partial charge >= 0.3 is 6.01 Å². The molecule has 0 radical (unpaired) electrons. The van der Waals surface area contributed by atoms with Gasteiger partial charge in [0.05, 0.1) is 21.6 Å². The summed E-state index contributed by atoms with van der Waals surface area (Å²) < 4.78 is 8.16. The molecule has 0 atom stereocenters. The standard InChI is InChI=1S/C12H17BrN4O/c1-7(2)14-5-10-6-18-12(15-10)17-9(4)11(13)8(3)16-17/h6-7,14H,5H2,1-4H3. The summed E-state index contributed by atoms with van der Waals surface area (Å²) in [4.78, 5) is 4.42. The Morgan fingerprint density at radius 3 is 2.72 bits per heavy atom. The number of aromatic nitrogens is 3. The van der Waals surface area contributed by atoms with Crippen molar-refractivity contribution in [1.29, 1.82) is 0 Å². The Morgan fingerprint density at radius 1 is 1.44 bits per heavy atom. The van der Waals surface area contributed by atoms with Gasteiger partial charge in [0.1, 0.15) is 6.26 Å². The van der Waals surface area contributed by atoms with Crippen molar-refractivity contribution in [2.75, 3.05) is 0 Å². The summed E-state index contributed by atoms with van der Waals surface area (Å²) in [6, 6.07) is 0.926. The van der Waals surface area contributed by atoms with Gasteiger partial charge < -0.3 is 9.73 Å². The van der Waals surface area contributed by atoms with Crippen LogP contribution in [0, 0.1) is 13.8 Å². The van der Waals surface area contributed by atoms with Crippen LogP contribution in [-0.2, 0) is 6.54 Å². The third kappa shape index (κ3) is 2.64. The number of nitrogens with zero attached hydrogens (tertiary/aromatic N) is 3. The number of hydrogen-bond acceptors (Lipinski definition) is 4. The van der Waals surface area contributed by atoms with Crippen LogP contribution in [0.1, 0.15) is 30.9 Å². The van der Waals surface area contributed by atoms with E-state index in [-0.39, 0.29) is 0 Å². The summed E-state index contributed by atoms with van der Waals surface area (Å²) in [7, 11) is 0. The molecular weight excluding hydrogens is 296 g/mol. The van der Waals surface area contributed by atoms with Gasteiger partial charge in [-0.3, -0.25) is 0 Å². The third-order valence-electron chi connectivity index (χ3n) is 2.62. The number of aryl methyl sites for hydroxylation is 1. The van der Waals surface area contributed by atoms with Crippen LogP contribution in [0.2, 0.25) is 0 Å². The first-order valence-corrected chi connectivity index (χ1v) is 6.68. The molecule has 2 heterocycles. The minimum Gasteiger partial charge on any atom is -0.430 e. The predicted octanol–water partition coefficient (Wildman–Crippen LogP) is 2.74. The molecule has 0 aliphatic rings. The van der Waals surface area contributed by atoms with Gasteiger partial charge in [-0.25, -0.2) is 0 Å². The summed E-state index contributed by atoms with van der Waals surface area (Å²) in [5.74, 6) is 0. The van der Waals surface area contributed by atoms with Gasteiger partial charge in [0.15, 0.2) is 0 Å². The molecule has 0 amide bonds. The summed E-state index contributed by atoms with van der Waals surface area (Å²) in [6.07, 6.45) is 1.66. The topological polar surface area (TPSA) is 55.9 Å². The average Bonchev–Trinajstić information content (AvgIpc) is 2.87. The zero-order valence-corrected chi connectivity index (χ0v) is 12.6. The molecular formula is C12H17BrN4O. The first-order chi connectivity index (χ1) is 8.49. The second kappa shape index (κ2) is 5.24. The highest BCUT2D eigenvalue weighted by Gasteiger charge is 2.14. The summed E-state index contributed by atoms with van der Waals surface area (Å²) >= 11 is 3.49. The van der Waals surface area contributed by atoms with E-state index in [2.05, 4.69) is 45.2 Å². The van der Waals surface area contributed by atoms with E-state index >= 15 is 0 Å². The molecule has 18 heavy (non-hydrogen) atoms. The SMILES string of the molecule is Cc1nn(-c2nc(CNC(C)C)co2)c(C)c1Br. The molecule has 6 heteroatoms. The Balaban J connectivity index is 2.21. The van der Waals surface area contributed by atoms with E-state index < -0.39 is 0 Å². The molecule has 1 N–H and O–H groups in total. The van der Waals surface area contributed by atoms with Crippen molar-refractivity contribution in [3.8, 4) is 6.01 Å². The lowest BCUT2D eigenvalue weighted by molar-refractivity contribution is 0.503. The number of halogens is 1. The van der Waals surface area contributed by atoms with E-state index in [1.807, 2.05) is 13.8 Å². The Labute approximate surface area is 115 Å². The van der Waals surface area contributed by atoms with E-state index in [1.54, 1.807) is 10.9 Å². The lowest BCUT2D eigenvalue weighted by atomic mass is 10.4. The fourth-order valence-corrected chi connectivity index (χ4v) is 1.84. The first-order valence-electron chi connectivity index (χ1n) is 5.89. The van der Waals surface area contributed by atoms with Crippen molar-refractivity contribution < 1.29 is 4.42 Å². The molecule has 0 saturated heterocycles. The maximum atomic E-state index is 5.46. The van der Waals surface area contributed by atoms with Gasteiger partial charge in [0, 0.05) is 12.6 Å². The van der Waals surface area contributed by atoms with Crippen LogP contribution in [0.3, 0.4) is 0 Å². The van der Waals surface area contributed by atoms with Crippen molar-refractivity contribution in [3.63, 3.8) is 0 Å². The fraction of sp³-hybridized carbons (Fsp3) is 0.500. The van der Waals surface area contributed by atoms with E-state index in [9.17, 15) is 0 Å². The molecule has 2 aromatic rings. The number of hydrogen-bond donors (Lipinski definition) is 1. The minimum atomic E-state index is 0.424. The number of rotatable bonds is 4. The predicted molar refractivity (Wildman–Crippen MR) is 72.8 cm³/mol. The highest BCUT2D eigenvalue weighted by atomic mass is 79.9. The van der Waals surface area contributed by atoms with Gasteiger partial charge in [0.25, 0.3) is 0 Å². The molecule has 0 saturated carbocycles. The van der Waals surface area contributed by atoms with Crippen LogP contribution >= 0.6 is 15.9 Å². The van der Waals surface area contributed by atoms with Crippen LogP contribution in [0.4, 0.5) is 0 Å². The molecule has 0 aromatic carbocycles. The summed E-state index contributed by atoms with van der Waals surface area (Å²) in [6.45, 7) is 8.80. The second-order valence-electron chi connectivity index (χ2n) is 4.55. The molecule has 0 unspecified atom stereocenters. The van der Waals surface area contributed by atoms with Gasteiger partial charge in [-0.1, -0.05) is 13.8 Å². The largest absolute Gasteiger partial charge is 0.430 e. The summed E-state index contributed by atoms with van der Waals surface area (Å²) in [5, 5.41) is 7.68. The maximum absolute atomic E-state index is 5.46. The highest BCUT2D eigenvalue weighted by Crippen LogP contribution is 2.22. The minimum absolute atomic E-state index is 0.424. The molecule has 0 aliphatic carbocycles. The zero-order valence-electron chi connectivity index (χ0n) is 11.0. The Kier molecular flexibility index (Phi) is 3.87. The van der Waals surface area contributed by atoms with Crippen molar-refractivity contribution in [2.24, 2.45) is 0 Å². The molecule has 2 rings (SSSR count). The second-order valence-corrected chi connectivity index (χ2v) is 5.35. The van der Waals surface area contributed by atoms with Crippen LogP contribution in [0.5, 0.6) is 0 Å². The maximum Gasteiger partial charge on any atom is 0.323 e. The van der Waals surface area contributed by atoms with E-state index in [0.717, 1.165) is 21.6 Å². The Morgan fingerprint density at radius 2 is 2.17 bits per heavy atom. The normalized spacial score (nSPS) is 11.4.